The van der Waals surface area contributed by atoms with Crippen LogP contribution in [0.4, 0.5) is 5.69 Å². The molecule has 3 aromatic rings. The molecule has 1 fully saturated rings. The van der Waals surface area contributed by atoms with Gasteiger partial charge in [0.05, 0.1) is 22.2 Å². The second-order valence-electron chi connectivity index (χ2n) is 9.48. The van der Waals surface area contributed by atoms with Gasteiger partial charge in [0.15, 0.2) is 5.75 Å². The molecule has 39 heavy (non-hydrogen) atoms. The number of anilines is 1. The Labute approximate surface area is 236 Å². The van der Waals surface area contributed by atoms with Crippen LogP contribution in [0.2, 0.25) is 10.0 Å². The molecule has 2 N–H and O–H groups in total. The van der Waals surface area contributed by atoms with Gasteiger partial charge in [0, 0.05) is 24.2 Å². The van der Waals surface area contributed by atoms with Crippen molar-refractivity contribution in [2.24, 2.45) is 0 Å². The fourth-order valence-corrected chi connectivity index (χ4v) is 5.20. The summed E-state index contributed by atoms with van der Waals surface area (Å²) in [5.74, 6) is -2.19. The number of aromatic hydroxyl groups is 1. The molecule has 0 aromatic heterocycles. The number of carbonyl (C=O) groups is 3. The van der Waals surface area contributed by atoms with Gasteiger partial charge < -0.3 is 24.8 Å². The number of esters is 1. The molecule has 2 amide bonds. The molecule has 204 valence electrons. The number of benzene rings is 3. The topological polar surface area (TPSA) is 105 Å². The number of rotatable bonds is 6. The van der Waals surface area contributed by atoms with Gasteiger partial charge in [-0.1, -0.05) is 60.5 Å². The maximum Gasteiger partial charge on any atom is 0.397 e. The van der Waals surface area contributed by atoms with Crippen molar-refractivity contribution >= 4 is 46.7 Å². The van der Waals surface area contributed by atoms with Crippen molar-refractivity contribution in [3.8, 4) is 17.2 Å². The predicted octanol–water partition coefficient (Wildman–Crippen LogP) is 6.19. The average Bonchev–Trinajstić information content (AvgIpc) is 2.92. The largest absolute Gasteiger partial charge is 0.507 e. The molecule has 1 heterocycles. The lowest BCUT2D eigenvalue weighted by Crippen LogP contribution is -2.47. The Balaban J connectivity index is 1.52. The number of hydrogen-bond acceptors (Lipinski definition) is 6. The molecule has 0 radical (unpaired) electrons. The Hall–Kier alpha value is -3.75. The van der Waals surface area contributed by atoms with E-state index in [1.807, 2.05) is 18.2 Å². The molecule has 1 atom stereocenters. The highest BCUT2D eigenvalue weighted by Crippen LogP contribution is 2.40. The van der Waals surface area contributed by atoms with Crippen molar-refractivity contribution in [3.05, 3.63) is 81.8 Å². The van der Waals surface area contributed by atoms with Crippen LogP contribution in [0.3, 0.4) is 0 Å². The molecule has 1 saturated heterocycles. The third-order valence-electron chi connectivity index (χ3n) is 6.59. The summed E-state index contributed by atoms with van der Waals surface area (Å²) in [4.78, 5) is 38.8. The van der Waals surface area contributed by atoms with Crippen molar-refractivity contribution in [1.82, 2.24) is 4.90 Å². The van der Waals surface area contributed by atoms with Crippen molar-refractivity contribution in [2.45, 2.75) is 32.1 Å². The van der Waals surface area contributed by atoms with Crippen LogP contribution >= 0.6 is 23.2 Å². The quantitative estimate of drug-likeness (QED) is 0.270. The van der Waals surface area contributed by atoms with Gasteiger partial charge >= 0.3 is 11.9 Å². The molecule has 1 aliphatic rings. The predicted molar refractivity (Wildman–Crippen MR) is 149 cm³/mol. The van der Waals surface area contributed by atoms with Gasteiger partial charge in [-0.15, -0.1) is 0 Å². The normalized spacial score (nSPS) is 16.9. The van der Waals surface area contributed by atoms with E-state index in [1.54, 1.807) is 11.8 Å². The summed E-state index contributed by atoms with van der Waals surface area (Å²) in [5, 5.41) is 13.0. The molecule has 8 nitrogen and oxygen atoms in total. The number of piperidine rings is 1. The number of phenols is 1. The number of ether oxygens (including phenoxy) is 2. The molecule has 1 unspecified atom stereocenters. The summed E-state index contributed by atoms with van der Waals surface area (Å²) >= 11 is 12.7. The highest BCUT2D eigenvalue weighted by atomic mass is 35.5. The standard InChI is InChI=1S/C29H28Cl2N2O6/c1-3-38-28(37)26(35)32-19-14-22(30)25(23(31)15-19)39-20-10-11-24(34)21(16-20)27(36)33-13-7-12-29(2,17-33)18-8-5-4-6-9-18/h4-6,8-11,14-16,34H,3,7,12-13,17H2,1-2H3,(H,32,35). The Bertz CT molecular complexity index is 1370. The first-order chi connectivity index (χ1) is 18.6. The van der Waals surface area contributed by atoms with E-state index in [9.17, 15) is 19.5 Å². The second-order valence-corrected chi connectivity index (χ2v) is 10.3. The summed E-state index contributed by atoms with van der Waals surface area (Å²) in [7, 11) is 0. The van der Waals surface area contributed by atoms with Crippen molar-refractivity contribution in [1.29, 1.82) is 0 Å². The van der Waals surface area contributed by atoms with Crippen LogP contribution in [0, 0.1) is 0 Å². The average molecular weight is 571 g/mol. The summed E-state index contributed by atoms with van der Waals surface area (Å²) < 4.78 is 10.5. The number of amides is 2. The van der Waals surface area contributed by atoms with Crippen LogP contribution in [0.1, 0.15) is 42.6 Å². The lowest BCUT2D eigenvalue weighted by atomic mass is 9.76. The zero-order chi connectivity index (χ0) is 28.2. The summed E-state index contributed by atoms with van der Waals surface area (Å²) in [6.07, 6.45) is 1.78. The zero-order valence-corrected chi connectivity index (χ0v) is 23.0. The highest BCUT2D eigenvalue weighted by Gasteiger charge is 2.35. The maximum atomic E-state index is 13.5. The van der Waals surface area contributed by atoms with Crippen LogP contribution in [-0.4, -0.2) is 47.5 Å². The molecule has 0 aliphatic carbocycles. The minimum absolute atomic E-state index is 0.0530. The number of halogens is 2. The van der Waals surface area contributed by atoms with Crippen LogP contribution in [-0.2, 0) is 19.7 Å². The number of phenolic OH excluding ortho intramolecular Hbond substituents is 1. The molecule has 0 spiro atoms. The first-order valence-electron chi connectivity index (χ1n) is 12.4. The van der Waals surface area contributed by atoms with Gasteiger partial charge in [-0.25, -0.2) is 4.79 Å². The van der Waals surface area contributed by atoms with Gasteiger partial charge in [-0.2, -0.15) is 0 Å². The lowest BCUT2D eigenvalue weighted by molar-refractivity contribution is -0.152. The van der Waals surface area contributed by atoms with Crippen molar-refractivity contribution < 1.29 is 29.0 Å². The van der Waals surface area contributed by atoms with Crippen LogP contribution < -0.4 is 10.1 Å². The van der Waals surface area contributed by atoms with E-state index in [2.05, 4.69) is 29.1 Å². The fourth-order valence-electron chi connectivity index (χ4n) is 4.64. The molecule has 1 aliphatic heterocycles. The van der Waals surface area contributed by atoms with Gasteiger partial charge in [-0.05, 0) is 55.7 Å². The van der Waals surface area contributed by atoms with E-state index in [0.717, 1.165) is 18.4 Å². The van der Waals surface area contributed by atoms with Crippen molar-refractivity contribution in [3.63, 3.8) is 0 Å². The minimum atomic E-state index is -1.04. The Morgan fingerprint density at radius 3 is 2.41 bits per heavy atom. The molecule has 0 bridgehead atoms. The van der Waals surface area contributed by atoms with Gasteiger partial charge in [0.25, 0.3) is 5.91 Å². The lowest BCUT2D eigenvalue weighted by Gasteiger charge is -2.41. The van der Waals surface area contributed by atoms with Gasteiger partial charge in [0.1, 0.15) is 11.5 Å². The third kappa shape index (κ3) is 6.46. The Morgan fingerprint density at radius 1 is 1.05 bits per heavy atom. The van der Waals surface area contributed by atoms with E-state index < -0.39 is 11.9 Å². The number of likely N-dealkylation sites (tertiary alicyclic amines) is 1. The summed E-state index contributed by atoms with van der Waals surface area (Å²) in [6, 6.07) is 17.1. The Kier molecular flexibility index (Phi) is 8.67. The molecular weight excluding hydrogens is 543 g/mol. The van der Waals surface area contributed by atoms with E-state index in [0.29, 0.717) is 13.1 Å². The number of carbonyl (C=O) groups excluding carboxylic acids is 3. The molecule has 0 saturated carbocycles. The van der Waals surface area contributed by atoms with Crippen LogP contribution in [0.25, 0.3) is 0 Å². The number of nitrogens with one attached hydrogen (secondary N) is 1. The van der Waals surface area contributed by atoms with Crippen LogP contribution in [0.5, 0.6) is 17.2 Å². The smallest absolute Gasteiger partial charge is 0.397 e. The highest BCUT2D eigenvalue weighted by molar-refractivity contribution is 6.39. The van der Waals surface area contributed by atoms with E-state index in [1.165, 1.54) is 30.3 Å². The SMILES string of the molecule is CCOC(=O)C(=O)Nc1cc(Cl)c(Oc2ccc(O)c(C(=O)N3CCCC(C)(c4ccccc4)C3)c2)c(Cl)c1. The van der Waals surface area contributed by atoms with E-state index >= 15 is 0 Å². The maximum absolute atomic E-state index is 13.5. The van der Waals surface area contributed by atoms with Crippen molar-refractivity contribution in [2.75, 3.05) is 25.0 Å². The fraction of sp³-hybridized carbons (Fsp3) is 0.276. The molecule has 10 heteroatoms. The zero-order valence-electron chi connectivity index (χ0n) is 21.5. The first kappa shape index (κ1) is 28.3. The Morgan fingerprint density at radius 2 is 1.74 bits per heavy atom. The minimum Gasteiger partial charge on any atom is -0.507 e. The van der Waals surface area contributed by atoms with E-state index in [-0.39, 0.29) is 56.5 Å². The molecule has 4 rings (SSSR count). The summed E-state index contributed by atoms with van der Waals surface area (Å²) in [5.41, 5.74) is 1.22. The molecular formula is C29H28Cl2N2O6. The summed E-state index contributed by atoms with van der Waals surface area (Å²) in [6.45, 7) is 4.87. The van der Waals surface area contributed by atoms with Gasteiger partial charge in [0.2, 0.25) is 0 Å². The van der Waals surface area contributed by atoms with E-state index in [4.69, 9.17) is 27.9 Å². The number of nitrogens with zero attached hydrogens (tertiary/aromatic N) is 1. The third-order valence-corrected chi connectivity index (χ3v) is 7.15. The monoisotopic (exact) mass is 570 g/mol. The molecule has 3 aromatic carbocycles. The second kappa shape index (κ2) is 12.0. The van der Waals surface area contributed by atoms with Gasteiger partial charge in [-0.3, -0.25) is 9.59 Å². The number of hydrogen-bond donors (Lipinski definition) is 2. The first-order valence-corrected chi connectivity index (χ1v) is 13.2. The van der Waals surface area contributed by atoms with Crippen LogP contribution in [0.15, 0.2) is 60.7 Å².